The van der Waals surface area contributed by atoms with Gasteiger partial charge in [0.1, 0.15) is 18.2 Å². The van der Waals surface area contributed by atoms with Crippen LogP contribution in [0, 0.1) is 5.82 Å². The summed E-state index contributed by atoms with van der Waals surface area (Å²) >= 11 is 1.22. The molecule has 0 saturated carbocycles. The summed E-state index contributed by atoms with van der Waals surface area (Å²) in [6, 6.07) is 13.4. The van der Waals surface area contributed by atoms with Crippen molar-refractivity contribution in [2.45, 2.75) is 0 Å². The Morgan fingerprint density at radius 3 is 2.74 bits per heavy atom. The van der Waals surface area contributed by atoms with Crippen LogP contribution < -0.4 is 14.8 Å². The van der Waals surface area contributed by atoms with Crippen molar-refractivity contribution in [3.05, 3.63) is 87.5 Å². The fourth-order valence-electron chi connectivity index (χ4n) is 2.56. The molecule has 2 heterocycles. The van der Waals surface area contributed by atoms with E-state index in [0.717, 1.165) is 11.3 Å². The van der Waals surface area contributed by atoms with E-state index in [2.05, 4.69) is 16.7 Å². The molecule has 0 atom stereocenters. The second-order valence-corrected chi connectivity index (χ2v) is 6.73. The number of aromatic nitrogens is 3. The van der Waals surface area contributed by atoms with Gasteiger partial charge in [0, 0.05) is 5.56 Å². The SMILES string of the molecule is C=CCOc1ccc(-c2nc3sc(=Cc4cccc(F)c4)c(=O)n3n2)cc1. The number of hydrogen-bond acceptors (Lipinski definition) is 5. The van der Waals surface area contributed by atoms with Crippen LogP contribution in [0.1, 0.15) is 5.56 Å². The molecule has 2 aromatic carbocycles. The van der Waals surface area contributed by atoms with Crippen molar-refractivity contribution < 1.29 is 9.13 Å². The van der Waals surface area contributed by atoms with Crippen molar-refractivity contribution >= 4 is 22.4 Å². The van der Waals surface area contributed by atoms with E-state index >= 15 is 0 Å². The Morgan fingerprint density at radius 1 is 1.22 bits per heavy atom. The summed E-state index contributed by atoms with van der Waals surface area (Å²) in [5.41, 5.74) is 1.13. The third kappa shape index (κ3) is 3.50. The molecular formula is C20H14FN3O2S. The molecule has 0 spiro atoms. The summed E-state index contributed by atoms with van der Waals surface area (Å²) in [5, 5.41) is 4.31. The molecule has 7 heteroatoms. The van der Waals surface area contributed by atoms with Crippen LogP contribution in [0.15, 0.2) is 66.0 Å². The van der Waals surface area contributed by atoms with E-state index in [1.165, 1.54) is 28.0 Å². The topological polar surface area (TPSA) is 56.5 Å². The molecule has 0 amide bonds. The molecule has 0 aliphatic heterocycles. The second-order valence-electron chi connectivity index (χ2n) is 5.72. The molecular weight excluding hydrogens is 365 g/mol. The van der Waals surface area contributed by atoms with E-state index in [-0.39, 0.29) is 11.4 Å². The van der Waals surface area contributed by atoms with Gasteiger partial charge in [0.15, 0.2) is 5.82 Å². The zero-order chi connectivity index (χ0) is 18.8. The Balaban J connectivity index is 1.68. The molecule has 4 rings (SSSR count). The maximum Gasteiger partial charge on any atom is 0.291 e. The van der Waals surface area contributed by atoms with Crippen LogP contribution in [0.25, 0.3) is 22.4 Å². The predicted octanol–water partition coefficient (Wildman–Crippen LogP) is 3.07. The Kier molecular flexibility index (Phi) is 4.52. The summed E-state index contributed by atoms with van der Waals surface area (Å²) in [4.78, 5) is 17.5. The number of halogens is 1. The van der Waals surface area contributed by atoms with Gasteiger partial charge in [0.05, 0.1) is 4.53 Å². The number of hydrogen-bond donors (Lipinski definition) is 0. The first-order chi connectivity index (χ1) is 13.1. The standard InChI is InChI=1S/C20H14FN3O2S/c1-2-10-26-16-8-6-14(7-9-16)18-22-20-24(23-18)19(25)17(27-20)12-13-4-3-5-15(21)11-13/h2-9,11-12H,1,10H2. The Morgan fingerprint density at radius 2 is 2.04 bits per heavy atom. The molecule has 0 aliphatic carbocycles. The average Bonchev–Trinajstić information content (AvgIpc) is 3.20. The van der Waals surface area contributed by atoms with E-state index in [1.54, 1.807) is 24.3 Å². The monoisotopic (exact) mass is 379 g/mol. The van der Waals surface area contributed by atoms with Crippen LogP contribution in [0.4, 0.5) is 4.39 Å². The quantitative estimate of drug-likeness (QED) is 0.500. The molecule has 0 N–H and O–H groups in total. The van der Waals surface area contributed by atoms with Gasteiger partial charge in [0.2, 0.25) is 4.96 Å². The summed E-state index contributed by atoms with van der Waals surface area (Å²) in [7, 11) is 0. The van der Waals surface area contributed by atoms with E-state index in [9.17, 15) is 9.18 Å². The number of rotatable bonds is 5. The third-order valence-electron chi connectivity index (χ3n) is 3.81. The molecule has 0 radical (unpaired) electrons. The summed E-state index contributed by atoms with van der Waals surface area (Å²) in [6.07, 6.45) is 3.31. The van der Waals surface area contributed by atoms with Crippen molar-refractivity contribution in [1.82, 2.24) is 14.6 Å². The van der Waals surface area contributed by atoms with E-state index in [4.69, 9.17) is 4.74 Å². The summed E-state index contributed by atoms with van der Waals surface area (Å²) in [5.74, 6) is 0.834. The van der Waals surface area contributed by atoms with Crippen molar-refractivity contribution in [2.75, 3.05) is 6.61 Å². The van der Waals surface area contributed by atoms with Crippen LogP contribution in [-0.4, -0.2) is 21.2 Å². The number of ether oxygens (including phenoxy) is 1. The van der Waals surface area contributed by atoms with Crippen LogP contribution >= 0.6 is 11.3 Å². The van der Waals surface area contributed by atoms with Gasteiger partial charge in [-0.2, -0.15) is 9.50 Å². The van der Waals surface area contributed by atoms with Gasteiger partial charge in [-0.1, -0.05) is 36.1 Å². The summed E-state index contributed by atoms with van der Waals surface area (Å²) < 4.78 is 20.5. The zero-order valence-electron chi connectivity index (χ0n) is 14.1. The normalized spacial score (nSPS) is 11.8. The average molecular weight is 379 g/mol. The molecule has 27 heavy (non-hydrogen) atoms. The molecule has 0 fully saturated rings. The first-order valence-corrected chi connectivity index (χ1v) is 8.97. The lowest BCUT2D eigenvalue weighted by atomic mass is 10.2. The number of thiazole rings is 1. The van der Waals surface area contributed by atoms with Crippen molar-refractivity contribution in [1.29, 1.82) is 0 Å². The van der Waals surface area contributed by atoms with E-state index in [1.807, 2.05) is 24.3 Å². The fourth-order valence-corrected chi connectivity index (χ4v) is 3.47. The minimum absolute atomic E-state index is 0.274. The molecule has 134 valence electrons. The number of fused-ring (bicyclic) bond motifs is 1. The highest BCUT2D eigenvalue weighted by atomic mass is 32.1. The smallest absolute Gasteiger partial charge is 0.291 e. The lowest BCUT2D eigenvalue weighted by Gasteiger charge is -2.02. The lowest BCUT2D eigenvalue weighted by molar-refractivity contribution is 0.363. The van der Waals surface area contributed by atoms with Gasteiger partial charge in [-0.15, -0.1) is 5.10 Å². The Hall–Kier alpha value is -3.32. The van der Waals surface area contributed by atoms with Crippen LogP contribution in [0.3, 0.4) is 0 Å². The van der Waals surface area contributed by atoms with Crippen LogP contribution in [0.2, 0.25) is 0 Å². The van der Waals surface area contributed by atoms with Gasteiger partial charge in [-0.05, 0) is 48.0 Å². The van der Waals surface area contributed by atoms with Gasteiger partial charge < -0.3 is 4.74 Å². The van der Waals surface area contributed by atoms with Crippen molar-refractivity contribution in [2.24, 2.45) is 0 Å². The number of nitrogens with zero attached hydrogens (tertiary/aromatic N) is 3. The van der Waals surface area contributed by atoms with Crippen LogP contribution in [0.5, 0.6) is 5.75 Å². The van der Waals surface area contributed by atoms with Crippen LogP contribution in [-0.2, 0) is 0 Å². The summed E-state index contributed by atoms with van der Waals surface area (Å²) in [6.45, 7) is 4.04. The molecule has 0 aliphatic rings. The molecule has 0 bridgehead atoms. The van der Waals surface area contributed by atoms with E-state index in [0.29, 0.717) is 27.5 Å². The highest BCUT2D eigenvalue weighted by molar-refractivity contribution is 7.15. The maximum atomic E-state index is 13.3. The van der Waals surface area contributed by atoms with Gasteiger partial charge in [0.25, 0.3) is 5.56 Å². The first-order valence-electron chi connectivity index (χ1n) is 8.15. The molecule has 0 unspecified atom stereocenters. The van der Waals surface area contributed by atoms with Crippen molar-refractivity contribution in [3.63, 3.8) is 0 Å². The third-order valence-corrected chi connectivity index (χ3v) is 4.77. The van der Waals surface area contributed by atoms with Gasteiger partial charge >= 0.3 is 0 Å². The fraction of sp³-hybridized carbons (Fsp3) is 0.0500. The zero-order valence-corrected chi connectivity index (χ0v) is 14.9. The second kappa shape index (κ2) is 7.13. The molecule has 0 saturated heterocycles. The minimum Gasteiger partial charge on any atom is -0.490 e. The minimum atomic E-state index is -0.349. The number of benzene rings is 2. The molecule has 5 nitrogen and oxygen atoms in total. The van der Waals surface area contributed by atoms with Gasteiger partial charge in [-0.25, -0.2) is 4.39 Å². The highest BCUT2D eigenvalue weighted by Crippen LogP contribution is 2.20. The lowest BCUT2D eigenvalue weighted by Crippen LogP contribution is -2.23. The first kappa shape index (κ1) is 17.1. The Bertz CT molecular complexity index is 1230. The highest BCUT2D eigenvalue weighted by Gasteiger charge is 2.12. The molecule has 2 aromatic heterocycles. The molecule has 4 aromatic rings. The maximum absolute atomic E-state index is 13.3. The Labute approximate surface area is 157 Å². The predicted molar refractivity (Wildman–Crippen MR) is 103 cm³/mol. The largest absolute Gasteiger partial charge is 0.490 e. The van der Waals surface area contributed by atoms with Crippen molar-refractivity contribution in [3.8, 4) is 17.1 Å². The van der Waals surface area contributed by atoms with Gasteiger partial charge in [-0.3, -0.25) is 4.79 Å². The van der Waals surface area contributed by atoms with E-state index < -0.39 is 0 Å².